The Labute approximate surface area is 111 Å². The standard InChI is InChI=1S/C13H15ClN2S/c1-8(2)9(3)11-12(14)16-13(17-11)10-5-4-6-15-7-10/h4-9H,1-3H3. The first-order chi connectivity index (χ1) is 8.09. The first-order valence-corrected chi connectivity index (χ1v) is 6.85. The summed E-state index contributed by atoms with van der Waals surface area (Å²) >= 11 is 7.88. The summed E-state index contributed by atoms with van der Waals surface area (Å²) < 4.78 is 0. The SMILES string of the molecule is CC(C)C(C)c1sc(-c2cccnc2)nc1Cl. The fourth-order valence-electron chi connectivity index (χ4n) is 1.51. The van der Waals surface area contributed by atoms with E-state index in [-0.39, 0.29) is 0 Å². The van der Waals surface area contributed by atoms with Crippen LogP contribution in [0.2, 0.25) is 5.15 Å². The summed E-state index contributed by atoms with van der Waals surface area (Å²) in [6.45, 7) is 6.59. The van der Waals surface area contributed by atoms with Crippen LogP contribution in [0.15, 0.2) is 24.5 Å². The van der Waals surface area contributed by atoms with E-state index in [1.165, 1.54) is 4.88 Å². The van der Waals surface area contributed by atoms with Crippen LogP contribution < -0.4 is 0 Å². The molecule has 0 aromatic carbocycles. The number of hydrogen-bond donors (Lipinski definition) is 0. The van der Waals surface area contributed by atoms with Gasteiger partial charge in [-0.3, -0.25) is 4.98 Å². The van der Waals surface area contributed by atoms with Crippen molar-refractivity contribution in [2.45, 2.75) is 26.7 Å². The molecule has 2 aromatic rings. The average molecular weight is 267 g/mol. The highest BCUT2D eigenvalue weighted by Gasteiger charge is 2.19. The summed E-state index contributed by atoms with van der Waals surface area (Å²) in [6.07, 6.45) is 3.58. The van der Waals surface area contributed by atoms with Gasteiger partial charge in [-0.1, -0.05) is 32.4 Å². The number of pyridine rings is 1. The third-order valence-electron chi connectivity index (χ3n) is 2.93. The smallest absolute Gasteiger partial charge is 0.144 e. The van der Waals surface area contributed by atoms with Crippen molar-refractivity contribution in [1.29, 1.82) is 0 Å². The van der Waals surface area contributed by atoms with Crippen molar-refractivity contribution >= 4 is 22.9 Å². The molecule has 2 aromatic heterocycles. The van der Waals surface area contributed by atoms with Crippen LogP contribution in [0.5, 0.6) is 0 Å². The summed E-state index contributed by atoms with van der Waals surface area (Å²) in [5.41, 5.74) is 1.03. The monoisotopic (exact) mass is 266 g/mol. The van der Waals surface area contributed by atoms with E-state index in [1.807, 2.05) is 18.3 Å². The second-order valence-corrected chi connectivity index (χ2v) is 5.84. The Morgan fingerprint density at radius 3 is 2.65 bits per heavy atom. The third kappa shape index (κ3) is 2.67. The molecule has 0 N–H and O–H groups in total. The van der Waals surface area contributed by atoms with E-state index >= 15 is 0 Å². The zero-order valence-electron chi connectivity index (χ0n) is 10.1. The Morgan fingerprint density at radius 1 is 1.29 bits per heavy atom. The average Bonchev–Trinajstić information content (AvgIpc) is 2.71. The minimum Gasteiger partial charge on any atom is -0.264 e. The van der Waals surface area contributed by atoms with E-state index in [4.69, 9.17) is 11.6 Å². The predicted molar refractivity (Wildman–Crippen MR) is 73.6 cm³/mol. The second kappa shape index (κ2) is 5.15. The highest BCUT2D eigenvalue weighted by Crippen LogP contribution is 2.38. The van der Waals surface area contributed by atoms with Gasteiger partial charge in [0.05, 0.1) is 0 Å². The first kappa shape index (κ1) is 12.5. The molecule has 0 saturated carbocycles. The van der Waals surface area contributed by atoms with Crippen molar-refractivity contribution in [3.63, 3.8) is 0 Å². The molecule has 0 amide bonds. The van der Waals surface area contributed by atoms with E-state index in [0.717, 1.165) is 10.6 Å². The molecule has 2 nitrogen and oxygen atoms in total. The van der Waals surface area contributed by atoms with Crippen LogP contribution in [0, 0.1) is 5.92 Å². The van der Waals surface area contributed by atoms with Crippen molar-refractivity contribution in [2.24, 2.45) is 5.92 Å². The molecule has 0 bridgehead atoms. The molecule has 2 rings (SSSR count). The van der Waals surface area contributed by atoms with Gasteiger partial charge in [0, 0.05) is 22.8 Å². The molecule has 0 radical (unpaired) electrons. The van der Waals surface area contributed by atoms with Gasteiger partial charge in [-0.15, -0.1) is 11.3 Å². The number of rotatable bonds is 3. The lowest BCUT2D eigenvalue weighted by atomic mass is 9.97. The maximum absolute atomic E-state index is 6.21. The molecule has 1 atom stereocenters. The number of aromatic nitrogens is 2. The summed E-state index contributed by atoms with van der Waals surface area (Å²) in [7, 11) is 0. The van der Waals surface area contributed by atoms with Crippen molar-refractivity contribution in [3.05, 3.63) is 34.6 Å². The van der Waals surface area contributed by atoms with Crippen LogP contribution in [0.4, 0.5) is 0 Å². The maximum Gasteiger partial charge on any atom is 0.144 e. The molecule has 90 valence electrons. The molecule has 0 spiro atoms. The van der Waals surface area contributed by atoms with E-state index < -0.39 is 0 Å². The van der Waals surface area contributed by atoms with Gasteiger partial charge in [-0.2, -0.15) is 0 Å². The van der Waals surface area contributed by atoms with E-state index in [9.17, 15) is 0 Å². The molecule has 2 heterocycles. The Morgan fingerprint density at radius 2 is 2.06 bits per heavy atom. The number of halogens is 1. The summed E-state index contributed by atoms with van der Waals surface area (Å²) in [6, 6.07) is 3.92. The summed E-state index contributed by atoms with van der Waals surface area (Å²) in [5.74, 6) is 1.00. The number of thiazole rings is 1. The lowest BCUT2D eigenvalue weighted by Crippen LogP contribution is -1.99. The molecular weight excluding hydrogens is 252 g/mol. The van der Waals surface area contributed by atoms with Crippen molar-refractivity contribution in [3.8, 4) is 10.6 Å². The predicted octanol–water partition coefficient (Wildman–Crippen LogP) is 4.62. The van der Waals surface area contributed by atoms with Gasteiger partial charge in [-0.25, -0.2) is 4.98 Å². The molecule has 0 aliphatic rings. The molecule has 4 heteroatoms. The van der Waals surface area contributed by atoms with Crippen molar-refractivity contribution < 1.29 is 0 Å². The Hall–Kier alpha value is -0.930. The quantitative estimate of drug-likeness (QED) is 0.810. The minimum absolute atomic E-state index is 0.436. The molecule has 0 saturated heterocycles. The topological polar surface area (TPSA) is 25.8 Å². The normalized spacial score (nSPS) is 13.0. The van der Waals surface area contributed by atoms with Gasteiger partial charge in [0.15, 0.2) is 0 Å². The van der Waals surface area contributed by atoms with Gasteiger partial charge in [0.25, 0.3) is 0 Å². The molecule has 0 aliphatic carbocycles. The summed E-state index contributed by atoms with van der Waals surface area (Å²) in [5, 5.41) is 1.58. The lowest BCUT2D eigenvalue weighted by molar-refractivity contribution is 0.542. The van der Waals surface area contributed by atoms with E-state index in [2.05, 4.69) is 30.7 Å². The second-order valence-electron chi connectivity index (χ2n) is 4.45. The lowest BCUT2D eigenvalue weighted by Gasteiger charge is -2.12. The fraction of sp³-hybridized carbons (Fsp3) is 0.385. The van der Waals surface area contributed by atoms with Crippen LogP contribution in [-0.2, 0) is 0 Å². The van der Waals surface area contributed by atoms with Crippen LogP contribution >= 0.6 is 22.9 Å². The zero-order valence-corrected chi connectivity index (χ0v) is 11.7. The maximum atomic E-state index is 6.21. The third-order valence-corrected chi connectivity index (χ3v) is 4.64. The highest BCUT2D eigenvalue weighted by atomic mass is 35.5. The molecule has 0 fully saturated rings. The number of hydrogen-bond acceptors (Lipinski definition) is 3. The molecule has 1 unspecified atom stereocenters. The van der Waals surface area contributed by atoms with Gasteiger partial charge in [0.2, 0.25) is 0 Å². The minimum atomic E-state index is 0.436. The highest BCUT2D eigenvalue weighted by molar-refractivity contribution is 7.15. The van der Waals surface area contributed by atoms with Crippen molar-refractivity contribution in [1.82, 2.24) is 9.97 Å². The molecule has 0 aliphatic heterocycles. The van der Waals surface area contributed by atoms with Gasteiger partial charge in [-0.05, 0) is 24.0 Å². The number of nitrogens with zero attached hydrogens (tertiary/aromatic N) is 2. The Bertz CT molecular complexity index is 493. The first-order valence-electron chi connectivity index (χ1n) is 5.66. The van der Waals surface area contributed by atoms with Gasteiger partial charge in [0.1, 0.15) is 10.2 Å². The van der Waals surface area contributed by atoms with E-state index in [0.29, 0.717) is 17.0 Å². The van der Waals surface area contributed by atoms with Gasteiger partial charge < -0.3 is 0 Å². The van der Waals surface area contributed by atoms with Crippen LogP contribution in [0.25, 0.3) is 10.6 Å². The van der Waals surface area contributed by atoms with Crippen LogP contribution in [0.1, 0.15) is 31.6 Å². The Balaban J connectivity index is 2.37. The Kier molecular flexibility index (Phi) is 3.79. The molecule has 17 heavy (non-hydrogen) atoms. The van der Waals surface area contributed by atoms with Crippen LogP contribution in [-0.4, -0.2) is 9.97 Å². The van der Waals surface area contributed by atoms with E-state index in [1.54, 1.807) is 17.5 Å². The van der Waals surface area contributed by atoms with Crippen molar-refractivity contribution in [2.75, 3.05) is 0 Å². The molecular formula is C13H15ClN2S. The largest absolute Gasteiger partial charge is 0.264 e. The zero-order chi connectivity index (χ0) is 12.4. The van der Waals surface area contributed by atoms with Gasteiger partial charge >= 0.3 is 0 Å². The summed E-state index contributed by atoms with van der Waals surface area (Å²) in [4.78, 5) is 9.70. The van der Waals surface area contributed by atoms with Crippen LogP contribution in [0.3, 0.4) is 0 Å². The fourth-order valence-corrected chi connectivity index (χ4v) is 3.10.